The first-order valence-electron chi connectivity index (χ1n) is 7.14. The summed E-state index contributed by atoms with van der Waals surface area (Å²) in [4.78, 5) is 0. The molecule has 0 saturated heterocycles. The van der Waals surface area contributed by atoms with E-state index in [2.05, 4.69) is 71.2 Å². The van der Waals surface area contributed by atoms with Crippen molar-refractivity contribution in [3.05, 3.63) is 51.6 Å². The lowest BCUT2D eigenvalue weighted by atomic mass is 10.1. The third-order valence-corrected chi connectivity index (χ3v) is 4.15. The van der Waals surface area contributed by atoms with Crippen molar-refractivity contribution < 1.29 is 9.47 Å². The Balaban J connectivity index is 1.78. The fourth-order valence-corrected chi connectivity index (χ4v) is 2.90. The SMILES string of the molecule is CC(Nc1cccc(I)c1)c1ccc2c(c1)OCCCO2. The van der Waals surface area contributed by atoms with Crippen molar-refractivity contribution in [2.24, 2.45) is 0 Å². The maximum Gasteiger partial charge on any atom is 0.161 e. The topological polar surface area (TPSA) is 30.5 Å². The number of nitrogens with one attached hydrogen (secondary N) is 1. The molecule has 0 saturated carbocycles. The van der Waals surface area contributed by atoms with Gasteiger partial charge in [0.05, 0.1) is 13.2 Å². The number of anilines is 1. The van der Waals surface area contributed by atoms with Crippen molar-refractivity contribution in [2.75, 3.05) is 18.5 Å². The molecule has 3 rings (SSSR count). The average Bonchev–Trinajstić information content (AvgIpc) is 2.71. The maximum atomic E-state index is 5.75. The van der Waals surface area contributed by atoms with Gasteiger partial charge in [-0.3, -0.25) is 0 Å². The Labute approximate surface area is 138 Å². The monoisotopic (exact) mass is 395 g/mol. The quantitative estimate of drug-likeness (QED) is 0.770. The van der Waals surface area contributed by atoms with Crippen LogP contribution in [-0.2, 0) is 0 Å². The molecule has 2 aromatic carbocycles. The molecule has 1 unspecified atom stereocenters. The van der Waals surface area contributed by atoms with Gasteiger partial charge in [-0.1, -0.05) is 12.1 Å². The molecule has 0 fully saturated rings. The van der Waals surface area contributed by atoms with Gasteiger partial charge in [0.1, 0.15) is 0 Å². The maximum absolute atomic E-state index is 5.75. The van der Waals surface area contributed by atoms with Gasteiger partial charge in [-0.15, -0.1) is 0 Å². The molecule has 0 amide bonds. The van der Waals surface area contributed by atoms with Crippen molar-refractivity contribution >= 4 is 28.3 Å². The van der Waals surface area contributed by atoms with Crippen LogP contribution in [0.3, 0.4) is 0 Å². The van der Waals surface area contributed by atoms with Crippen LogP contribution < -0.4 is 14.8 Å². The van der Waals surface area contributed by atoms with Crippen LogP contribution in [-0.4, -0.2) is 13.2 Å². The van der Waals surface area contributed by atoms with Gasteiger partial charge in [-0.25, -0.2) is 0 Å². The van der Waals surface area contributed by atoms with E-state index in [9.17, 15) is 0 Å². The second kappa shape index (κ2) is 6.56. The van der Waals surface area contributed by atoms with Crippen LogP contribution in [0.5, 0.6) is 11.5 Å². The smallest absolute Gasteiger partial charge is 0.161 e. The van der Waals surface area contributed by atoms with Crippen LogP contribution in [0.4, 0.5) is 5.69 Å². The Hall–Kier alpha value is -1.43. The van der Waals surface area contributed by atoms with Crippen molar-refractivity contribution in [1.82, 2.24) is 0 Å². The average molecular weight is 395 g/mol. The second-order valence-electron chi connectivity index (χ2n) is 5.13. The van der Waals surface area contributed by atoms with Crippen LogP contribution in [0.25, 0.3) is 0 Å². The van der Waals surface area contributed by atoms with Gasteiger partial charge in [-0.2, -0.15) is 0 Å². The summed E-state index contributed by atoms with van der Waals surface area (Å²) >= 11 is 2.32. The molecule has 0 aromatic heterocycles. The molecular formula is C17H18INO2. The number of fused-ring (bicyclic) bond motifs is 1. The van der Waals surface area contributed by atoms with Crippen LogP contribution in [0.1, 0.15) is 24.9 Å². The molecule has 1 aliphatic rings. The number of ether oxygens (including phenoxy) is 2. The molecule has 0 radical (unpaired) electrons. The fraction of sp³-hybridized carbons (Fsp3) is 0.294. The normalized spacial score (nSPS) is 15.1. The summed E-state index contributed by atoms with van der Waals surface area (Å²) in [6, 6.07) is 14.8. The zero-order valence-corrected chi connectivity index (χ0v) is 14.1. The summed E-state index contributed by atoms with van der Waals surface area (Å²) in [7, 11) is 0. The highest BCUT2D eigenvalue weighted by atomic mass is 127. The van der Waals surface area contributed by atoms with Crippen molar-refractivity contribution in [3.63, 3.8) is 0 Å². The highest BCUT2D eigenvalue weighted by Crippen LogP contribution is 2.33. The Morgan fingerprint density at radius 2 is 1.86 bits per heavy atom. The van der Waals surface area contributed by atoms with Gasteiger partial charge in [0, 0.05) is 21.7 Å². The largest absolute Gasteiger partial charge is 0.490 e. The summed E-state index contributed by atoms with van der Waals surface area (Å²) in [5.74, 6) is 1.69. The molecule has 4 heteroatoms. The van der Waals surface area contributed by atoms with Crippen molar-refractivity contribution in [1.29, 1.82) is 0 Å². The summed E-state index contributed by atoms with van der Waals surface area (Å²) in [6.07, 6.45) is 0.931. The highest BCUT2D eigenvalue weighted by Gasteiger charge is 2.13. The minimum absolute atomic E-state index is 0.209. The summed E-state index contributed by atoms with van der Waals surface area (Å²) in [5.41, 5.74) is 2.32. The second-order valence-corrected chi connectivity index (χ2v) is 6.38. The number of rotatable bonds is 3. The molecule has 21 heavy (non-hydrogen) atoms. The van der Waals surface area contributed by atoms with E-state index in [0.29, 0.717) is 0 Å². The summed E-state index contributed by atoms with van der Waals surface area (Å²) < 4.78 is 12.7. The van der Waals surface area contributed by atoms with E-state index in [1.807, 2.05) is 6.07 Å². The Morgan fingerprint density at radius 3 is 2.67 bits per heavy atom. The fourth-order valence-electron chi connectivity index (χ4n) is 2.36. The number of benzene rings is 2. The Bertz CT molecular complexity index is 630. The summed E-state index contributed by atoms with van der Waals surface area (Å²) in [6.45, 7) is 3.59. The lowest BCUT2D eigenvalue weighted by Gasteiger charge is -2.17. The van der Waals surface area contributed by atoms with Crippen LogP contribution >= 0.6 is 22.6 Å². The van der Waals surface area contributed by atoms with Crippen LogP contribution in [0.15, 0.2) is 42.5 Å². The van der Waals surface area contributed by atoms with Gasteiger partial charge >= 0.3 is 0 Å². The van der Waals surface area contributed by atoms with E-state index in [1.54, 1.807) is 0 Å². The van der Waals surface area contributed by atoms with Gasteiger partial charge in [0.15, 0.2) is 11.5 Å². The third kappa shape index (κ3) is 3.61. The molecule has 110 valence electrons. The molecule has 3 nitrogen and oxygen atoms in total. The lowest BCUT2D eigenvalue weighted by molar-refractivity contribution is 0.297. The molecule has 0 aliphatic carbocycles. The van der Waals surface area contributed by atoms with Gasteiger partial charge < -0.3 is 14.8 Å². The van der Waals surface area contributed by atoms with E-state index in [-0.39, 0.29) is 6.04 Å². The van der Waals surface area contributed by atoms with E-state index in [1.165, 1.54) is 9.13 Å². The number of halogens is 1. The molecule has 0 spiro atoms. The van der Waals surface area contributed by atoms with E-state index < -0.39 is 0 Å². The van der Waals surface area contributed by atoms with Crippen LogP contribution in [0.2, 0.25) is 0 Å². The molecule has 1 N–H and O–H groups in total. The molecule has 1 aliphatic heterocycles. The molecular weight excluding hydrogens is 377 g/mol. The van der Waals surface area contributed by atoms with E-state index in [4.69, 9.17) is 9.47 Å². The third-order valence-electron chi connectivity index (χ3n) is 3.48. The summed E-state index contributed by atoms with van der Waals surface area (Å²) in [5, 5.41) is 3.52. The minimum atomic E-state index is 0.209. The first kappa shape index (κ1) is 14.5. The number of hydrogen-bond acceptors (Lipinski definition) is 3. The van der Waals surface area contributed by atoms with Crippen molar-refractivity contribution in [2.45, 2.75) is 19.4 Å². The Kier molecular flexibility index (Phi) is 4.53. The standard InChI is InChI=1S/C17H18INO2/c1-12(19-15-5-2-4-14(18)11-15)13-6-7-16-17(10-13)21-9-3-8-20-16/h2,4-7,10-12,19H,3,8-9H2,1H3. The predicted octanol–water partition coefficient (Wildman–Crippen LogP) is 4.63. The molecule has 2 aromatic rings. The highest BCUT2D eigenvalue weighted by molar-refractivity contribution is 14.1. The van der Waals surface area contributed by atoms with Crippen molar-refractivity contribution in [3.8, 4) is 11.5 Å². The molecule has 1 heterocycles. The number of hydrogen-bond donors (Lipinski definition) is 1. The first-order chi connectivity index (χ1) is 10.2. The van der Waals surface area contributed by atoms with Gasteiger partial charge in [0.2, 0.25) is 0 Å². The van der Waals surface area contributed by atoms with Gasteiger partial charge in [0.25, 0.3) is 0 Å². The predicted molar refractivity (Wildman–Crippen MR) is 93.2 cm³/mol. The molecule has 1 atom stereocenters. The van der Waals surface area contributed by atoms with Gasteiger partial charge in [-0.05, 0) is 65.4 Å². The zero-order valence-electron chi connectivity index (χ0n) is 11.9. The Morgan fingerprint density at radius 1 is 1.05 bits per heavy atom. The first-order valence-corrected chi connectivity index (χ1v) is 8.22. The lowest BCUT2D eigenvalue weighted by Crippen LogP contribution is -2.07. The van der Waals surface area contributed by atoms with E-state index >= 15 is 0 Å². The van der Waals surface area contributed by atoms with E-state index in [0.717, 1.165) is 36.8 Å². The zero-order chi connectivity index (χ0) is 14.7. The molecule has 0 bridgehead atoms. The van der Waals surface area contributed by atoms with Crippen LogP contribution in [0, 0.1) is 3.57 Å². The minimum Gasteiger partial charge on any atom is -0.490 e.